The van der Waals surface area contributed by atoms with E-state index in [1.165, 1.54) is 31.4 Å². The van der Waals surface area contributed by atoms with Crippen molar-refractivity contribution < 1.29 is 9.18 Å². The predicted octanol–water partition coefficient (Wildman–Crippen LogP) is 3.16. The molecule has 26 heavy (non-hydrogen) atoms. The van der Waals surface area contributed by atoms with Crippen molar-refractivity contribution in [2.45, 2.75) is 51.5 Å². The van der Waals surface area contributed by atoms with E-state index in [4.69, 9.17) is 5.73 Å². The summed E-state index contributed by atoms with van der Waals surface area (Å²) < 4.78 is 13.1. The molecule has 0 radical (unpaired) electrons. The van der Waals surface area contributed by atoms with Gasteiger partial charge in [0.1, 0.15) is 5.82 Å². The van der Waals surface area contributed by atoms with Gasteiger partial charge in [-0.25, -0.2) is 4.39 Å². The van der Waals surface area contributed by atoms with Crippen LogP contribution in [0.15, 0.2) is 24.3 Å². The Labute approximate surface area is 156 Å². The Balaban J connectivity index is 1.52. The van der Waals surface area contributed by atoms with Gasteiger partial charge in [0.25, 0.3) is 0 Å². The molecule has 0 unspecified atom stereocenters. The quantitative estimate of drug-likeness (QED) is 0.876. The van der Waals surface area contributed by atoms with E-state index in [-0.39, 0.29) is 17.1 Å². The molecule has 4 nitrogen and oxygen atoms in total. The van der Waals surface area contributed by atoms with Gasteiger partial charge < -0.3 is 10.6 Å². The van der Waals surface area contributed by atoms with Crippen LogP contribution >= 0.6 is 0 Å². The van der Waals surface area contributed by atoms with Gasteiger partial charge in [-0.15, -0.1) is 0 Å². The number of nitrogens with two attached hydrogens (primary N) is 1. The maximum atomic E-state index is 13.1. The van der Waals surface area contributed by atoms with Crippen LogP contribution in [0, 0.1) is 11.2 Å². The fraction of sp³-hybridized carbons (Fsp3) is 0.667. The van der Waals surface area contributed by atoms with Gasteiger partial charge >= 0.3 is 0 Å². The van der Waals surface area contributed by atoms with Crippen LogP contribution in [0.1, 0.15) is 50.5 Å². The van der Waals surface area contributed by atoms with Crippen LogP contribution in [0.2, 0.25) is 0 Å². The number of carbonyl (C=O) groups excluding carboxylic acids is 1. The first-order valence-corrected chi connectivity index (χ1v) is 10.0. The molecule has 1 amide bonds. The van der Waals surface area contributed by atoms with Crippen molar-refractivity contribution in [3.8, 4) is 0 Å². The summed E-state index contributed by atoms with van der Waals surface area (Å²) in [5.41, 5.74) is 7.22. The summed E-state index contributed by atoms with van der Waals surface area (Å²) in [5, 5.41) is 0. The Bertz CT molecular complexity index is 583. The Kier molecular flexibility index (Phi) is 6.65. The Hall–Kier alpha value is -1.46. The third-order valence-electron chi connectivity index (χ3n) is 6.13. The lowest BCUT2D eigenvalue weighted by Crippen LogP contribution is -2.41. The second-order valence-corrected chi connectivity index (χ2v) is 8.08. The molecule has 0 aromatic heterocycles. The summed E-state index contributed by atoms with van der Waals surface area (Å²) in [4.78, 5) is 17.3. The molecule has 3 rings (SSSR count). The molecule has 0 bridgehead atoms. The molecule has 0 spiro atoms. The van der Waals surface area contributed by atoms with Gasteiger partial charge in [-0.2, -0.15) is 0 Å². The molecule has 2 aliphatic rings. The second kappa shape index (κ2) is 8.96. The predicted molar refractivity (Wildman–Crippen MR) is 102 cm³/mol. The monoisotopic (exact) mass is 361 g/mol. The van der Waals surface area contributed by atoms with Crippen LogP contribution < -0.4 is 5.73 Å². The summed E-state index contributed by atoms with van der Waals surface area (Å²) in [6, 6.07) is 6.72. The zero-order valence-corrected chi connectivity index (χ0v) is 15.8. The van der Waals surface area contributed by atoms with Gasteiger partial charge in [0, 0.05) is 39.1 Å². The first-order valence-electron chi connectivity index (χ1n) is 10.0. The molecule has 144 valence electrons. The van der Waals surface area contributed by atoms with Crippen LogP contribution in [0.25, 0.3) is 0 Å². The molecule has 1 heterocycles. The molecule has 1 aromatic carbocycles. The van der Waals surface area contributed by atoms with Crippen LogP contribution in [-0.2, 0) is 11.3 Å². The molecule has 2 fully saturated rings. The van der Waals surface area contributed by atoms with Gasteiger partial charge in [-0.05, 0) is 48.9 Å². The van der Waals surface area contributed by atoms with Gasteiger partial charge in [0.2, 0.25) is 5.91 Å². The van der Waals surface area contributed by atoms with Gasteiger partial charge in [0.15, 0.2) is 0 Å². The van der Waals surface area contributed by atoms with E-state index in [1.54, 1.807) is 0 Å². The van der Waals surface area contributed by atoms with Crippen molar-refractivity contribution in [1.29, 1.82) is 0 Å². The fourth-order valence-electron chi connectivity index (χ4n) is 4.41. The average Bonchev–Trinajstić information content (AvgIpc) is 2.90. The lowest BCUT2D eigenvalue weighted by molar-refractivity contribution is -0.134. The highest BCUT2D eigenvalue weighted by Crippen LogP contribution is 2.38. The van der Waals surface area contributed by atoms with Gasteiger partial charge in [0.05, 0.1) is 0 Å². The zero-order valence-electron chi connectivity index (χ0n) is 15.8. The fourth-order valence-corrected chi connectivity index (χ4v) is 4.41. The third-order valence-corrected chi connectivity index (χ3v) is 6.13. The summed E-state index contributed by atoms with van der Waals surface area (Å²) in [5.74, 6) is 0.0823. The maximum Gasteiger partial charge on any atom is 0.223 e. The van der Waals surface area contributed by atoms with Crippen molar-refractivity contribution >= 4 is 5.91 Å². The Morgan fingerprint density at radius 2 is 1.73 bits per heavy atom. The Morgan fingerprint density at radius 3 is 2.42 bits per heavy atom. The number of benzene rings is 1. The molecule has 1 aliphatic carbocycles. The van der Waals surface area contributed by atoms with Crippen molar-refractivity contribution in [1.82, 2.24) is 9.80 Å². The van der Waals surface area contributed by atoms with E-state index in [0.717, 1.165) is 57.5 Å². The van der Waals surface area contributed by atoms with E-state index in [1.807, 2.05) is 17.0 Å². The number of amides is 1. The molecule has 1 aromatic rings. The molecule has 1 aliphatic heterocycles. The minimum absolute atomic E-state index is 0.0371. The summed E-state index contributed by atoms with van der Waals surface area (Å²) in [6.45, 7) is 4.90. The lowest BCUT2D eigenvalue weighted by Gasteiger charge is -2.37. The first kappa shape index (κ1) is 19.3. The van der Waals surface area contributed by atoms with E-state index in [2.05, 4.69) is 4.90 Å². The largest absolute Gasteiger partial charge is 0.341 e. The van der Waals surface area contributed by atoms with Crippen LogP contribution in [0.4, 0.5) is 4.39 Å². The van der Waals surface area contributed by atoms with Gasteiger partial charge in [-0.3, -0.25) is 9.69 Å². The normalized spacial score (nSPS) is 21.4. The highest BCUT2D eigenvalue weighted by atomic mass is 19.1. The number of hydrogen-bond donors (Lipinski definition) is 1. The van der Waals surface area contributed by atoms with Crippen molar-refractivity contribution in [2.75, 3.05) is 32.7 Å². The summed E-state index contributed by atoms with van der Waals surface area (Å²) in [7, 11) is 0. The van der Waals surface area contributed by atoms with Crippen molar-refractivity contribution in [2.24, 2.45) is 11.1 Å². The molecule has 5 heteroatoms. The van der Waals surface area contributed by atoms with E-state index < -0.39 is 0 Å². The minimum Gasteiger partial charge on any atom is -0.341 e. The van der Waals surface area contributed by atoms with Crippen LogP contribution in [-0.4, -0.2) is 48.4 Å². The second-order valence-electron chi connectivity index (χ2n) is 8.08. The highest BCUT2D eigenvalue weighted by Gasteiger charge is 2.34. The topological polar surface area (TPSA) is 49.6 Å². The van der Waals surface area contributed by atoms with Gasteiger partial charge in [-0.1, -0.05) is 31.4 Å². The smallest absolute Gasteiger partial charge is 0.223 e. The van der Waals surface area contributed by atoms with Crippen molar-refractivity contribution in [3.05, 3.63) is 35.6 Å². The number of halogens is 1. The molecular weight excluding hydrogens is 329 g/mol. The third kappa shape index (κ3) is 5.04. The number of carbonyl (C=O) groups is 1. The molecule has 1 saturated carbocycles. The number of nitrogens with zero attached hydrogens (tertiary/aromatic N) is 2. The molecular formula is C21H32FN3O. The first-order chi connectivity index (χ1) is 12.6. The lowest BCUT2D eigenvalue weighted by atomic mass is 9.71. The summed E-state index contributed by atoms with van der Waals surface area (Å²) >= 11 is 0. The SMILES string of the molecule is NCC1(CC(=O)N2CCCN(Cc3ccc(F)cc3)CC2)CCCCC1. The highest BCUT2D eigenvalue weighted by molar-refractivity contribution is 5.77. The van der Waals surface area contributed by atoms with E-state index in [9.17, 15) is 9.18 Å². The van der Waals surface area contributed by atoms with E-state index >= 15 is 0 Å². The number of hydrogen-bond acceptors (Lipinski definition) is 3. The Morgan fingerprint density at radius 1 is 1.00 bits per heavy atom. The standard InChI is InChI=1S/C21H32FN3O/c22-19-7-5-18(6-8-19)16-24-11-4-12-25(14-13-24)20(26)15-21(17-23)9-2-1-3-10-21/h5-8H,1-4,9-17,23H2. The molecule has 2 N–H and O–H groups in total. The zero-order chi connectivity index (χ0) is 18.4. The molecule has 0 atom stereocenters. The van der Waals surface area contributed by atoms with Crippen LogP contribution in [0.3, 0.4) is 0 Å². The summed E-state index contributed by atoms with van der Waals surface area (Å²) in [6.07, 6.45) is 7.48. The maximum absolute atomic E-state index is 13.1. The van der Waals surface area contributed by atoms with Crippen molar-refractivity contribution in [3.63, 3.8) is 0 Å². The average molecular weight is 362 g/mol. The molecule has 1 saturated heterocycles. The number of rotatable bonds is 5. The van der Waals surface area contributed by atoms with E-state index in [0.29, 0.717) is 13.0 Å². The van der Waals surface area contributed by atoms with Crippen LogP contribution in [0.5, 0.6) is 0 Å². The minimum atomic E-state index is -0.196.